The minimum atomic E-state index is -0.770. The molecular weight excluding hydrogens is 584 g/mol. The molecule has 1 aliphatic carbocycles. The lowest BCUT2D eigenvalue weighted by Crippen LogP contribution is -2.49. The first kappa shape index (κ1) is 32.3. The number of amides is 3. The van der Waals surface area contributed by atoms with Crippen molar-refractivity contribution in [3.63, 3.8) is 0 Å². The van der Waals surface area contributed by atoms with Crippen LogP contribution in [-0.2, 0) is 9.59 Å². The van der Waals surface area contributed by atoms with Crippen LogP contribution in [0.25, 0.3) is 11.1 Å². The number of aryl methyl sites for hydroxylation is 1. The van der Waals surface area contributed by atoms with Gasteiger partial charge in [0.1, 0.15) is 23.5 Å². The Morgan fingerprint density at radius 2 is 1.74 bits per heavy atom. The van der Waals surface area contributed by atoms with Gasteiger partial charge >= 0.3 is 0 Å². The molecule has 3 heterocycles. The standard InChI is InChI=1S/C35H40N6O5/c1-4-39(3)34(44)25-12-10-24(11-13-25)32(43)28(20-36)33(38-31-23(2)19-26-22-46-18-14-27(26)31)37-29-9-5-6-17-41(35(29)45)21-30(42)40-15-7-8-16-40/h10-14,18-19,22,29,37-38H,4-9,15-17,21H2,1-3H3/t29-/m0/s1. The van der Waals surface area contributed by atoms with Crippen molar-refractivity contribution in [2.75, 3.05) is 45.1 Å². The molecular formula is C35H40N6O5. The fourth-order valence-corrected chi connectivity index (χ4v) is 5.99. The normalized spacial score (nSPS) is 17.3. The van der Waals surface area contributed by atoms with Crippen LogP contribution >= 0.6 is 0 Å². The molecule has 1 aromatic carbocycles. The van der Waals surface area contributed by atoms with Gasteiger partial charge in [-0.2, -0.15) is 5.26 Å². The monoisotopic (exact) mass is 624 g/mol. The molecule has 0 aromatic heterocycles. The zero-order valence-corrected chi connectivity index (χ0v) is 26.6. The van der Waals surface area contributed by atoms with Gasteiger partial charge in [-0.3, -0.25) is 19.2 Å². The van der Waals surface area contributed by atoms with E-state index in [-0.39, 0.29) is 41.2 Å². The number of hydrogen-bond acceptors (Lipinski definition) is 8. The highest BCUT2D eigenvalue weighted by atomic mass is 16.3. The van der Waals surface area contributed by atoms with Crippen molar-refractivity contribution >= 4 is 29.2 Å². The summed E-state index contributed by atoms with van der Waals surface area (Å²) in [4.78, 5) is 58.3. The van der Waals surface area contributed by atoms with E-state index in [4.69, 9.17) is 4.42 Å². The summed E-state index contributed by atoms with van der Waals surface area (Å²) in [6.07, 6.45) is 7.02. The lowest BCUT2D eigenvalue weighted by atomic mass is 10.0. The Balaban J connectivity index is 1.48. The van der Waals surface area contributed by atoms with Crippen molar-refractivity contribution in [3.05, 3.63) is 77.0 Å². The molecule has 0 radical (unpaired) electrons. The molecule has 2 saturated heterocycles. The minimum absolute atomic E-state index is 0.00190. The average molecular weight is 625 g/mol. The van der Waals surface area contributed by atoms with Crippen LogP contribution in [0.3, 0.4) is 0 Å². The lowest BCUT2D eigenvalue weighted by molar-refractivity contribution is -0.140. The zero-order chi connectivity index (χ0) is 32.8. The predicted molar refractivity (Wildman–Crippen MR) is 173 cm³/mol. The number of carbonyl (C=O) groups is 4. The molecule has 1 aromatic rings. The summed E-state index contributed by atoms with van der Waals surface area (Å²) in [5, 5.41) is 16.9. The van der Waals surface area contributed by atoms with Crippen LogP contribution < -0.4 is 10.6 Å². The average Bonchev–Trinajstić information content (AvgIpc) is 3.69. The maximum atomic E-state index is 13.9. The van der Waals surface area contributed by atoms with E-state index in [9.17, 15) is 24.4 Å². The Kier molecular flexibility index (Phi) is 10.1. The molecule has 1 atom stereocenters. The molecule has 4 aliphatic rings. The van der Waals surface area contributed by atoms with Crippen LogP contribution in [0.5, 0.6) is 0 Å². The van der Waals surface area contributed by atoms with E-state index < -0.39 is 11.8 Å². The van der Waals surface area contributed by atoms with Crippen molar-refractivity contribution in [1.29, 1.82) is 5.26 Å². The Morgan fingerprint density at radius 3 is 2.43 bits per heavy atom. The van der Waals surface area contributed by atoms with Gasteiger partial charge in [-0.25, -0.2) is 0 Å². The summed E-state index contributed by atoms with van der Waals surface area (Å²) in [7, 11) is 1.70. The Hall–Kier alpha value is -5.11. The number of likely N-dealkylation sites (tertiary alicyclic amines) is 2. The maximum absolute atomic E-state index is 13.9. The van der Waals surface area contributed by atoms with Gasteiger partial charge in [0.05, 0.1) is 24.8 Å². The van der Waals surface area contributed by atoms with Gasteiger partial charge in [0, 0.05) is 55.5 Å². The smallest absolute Gasteiger partial charge is 0.253 e. The van der Waals surface area contributed by atoms with Crippen molar-refractivity contribution in [3.8, 4) is 17.2 Å². The van der Waals surface area contributed by atoms with Crippen LogP contribution in [0.2, 0.25) is 0 Å². The third-order valence-electron chi connectivity index (χ3n) is 8.79. The summed E-state index contributed by atoms with van der Waals surface area (Å²) in [5.74, 6) is -0.956. The molecule has 0 unspecified atom stereocenters. The second kappa shape index (κ2) is 14.3. The number of nitrogens with zero attached hydrogens (tertiary/aromatic N) is 4. The van der Waals surface area contributed by atoms with Crippen LogP contribution in [0.1, 0.15) is 65.3 Å². The molecule has 11 nitrogen and oxygen atoms in total. The quantitative estimate of drug-likeness (QED) is 0.192. The van der Waals surface area contributed by atoms with E-state index in [1.807, 2.05) is 19.9 Å². The van der Waals surface area contributed by atoms with Crippen molar-refractivity contribution in [2.45, 2.75) is 52.0 Å². The highest BCUT2D eigenvalue weighted by Gasteiger charge is 2.32. The summed E-state index contributed by atoms with van der Waals surface area (Å²) in [6, 6.07) is 11.2. The molecule has 11 heteroatoms. The van der Waals surface area contributed by atoms with E-state index in [0.717, 1.165) is 42.4 Å². The van der Waals surface area contributed by atoms with Crippen LogP contribution in [0.15, 0.2) is 64.7 Å². The zero-order valence-electron chi connectivity index (χ0n) is 26.6. The number of fused-ring (bicyclic) bond motifs is 1. The summed E-state index contributed by atoms with van der Waals surface area (Å²) < 4.78 is 5.34. The van der Waals surface area contributed by atoms with Crippen molar-refractivity contribution in [1.82, 2.24) is 20.0 Å². The Bertz CT molecular complexity index is 1650. The van der Waals surface area contributed by atoms with E-state index in [0.29, 0.717) is 43.9 Å². The maximum Gasteiger partial charge on any atom is 0.253 e. The van der Waals surface area contributed by atoms with Gasteiger partial charge in [0.25, 0.3) is 5.91 Å². The second-order valence-electron chi connectivity index (χ2n) is 11.9. The number of hydrogen-bond donors (Lipinski definition) is 2. The van der Waals surface area contributed by atoms with Gasteiger partial charge in [0.2, 0.25) is 17.6 Å². The molecule has 0 saturated carbocycles. The lowest BCUT2D eigenvalue weighted by Gasteiger charge is -2.28. The van der Waals surface area contributed by atoms with Gasteiger partial charge in [-0.05, 0) is 75.8 Å². The van der Waals surface area contributed by atoms with Gasteiger partial charge in [0.15, 0.2) is 0 Å². The molecule has 0 bridgehead atoms. The first-order chi connectivity index (χ1) is 22.2. The predicted octanol–water partition coefficient (Wildman–Crippen LogP) is 4.41. The molecule has 240 valence electrons. The molecule has 0 spiro atoms. The Labute approximate surface area is 269 Å². The topological polar surface area (TPSA) is 139 Å². The highest BCUT2D eigenvalue weighted by molar-refractivity contribution is 6.12. The first-order valence-electron chi connectivity index (χ1n) is 15.8. The SMILES string of the molecule is CCN(C)C(=O)c1ccc(C(=O)C(C#N)=C(Nc2c(C)cc3coccc2-3)N[C@H]2CCCCN(CC(=O)N3CCCC3)C2=O)cc1. The third kappa shape index (κ3) is 6.91. The largest absolute Gasteiger partial charge is 0.472 e. The van der Waals surface area contributed by atoms with Crippen LogP contribution in [0.4, 0.5) is 5.69 Å². The summed E-state index contributed by atoms with van der Waals surface area (Å²) in [5.41, 5.74) is 3.61. The van der Waals surface area contributed by atoms with Gasteiger partial charge < -0.3 is 29.8 Å². The number of benzene rings is 1. The van der Waals surface area contributed by atoms with Gasteiger partial charge in [-0.1, -0.05) is 12.1 Å². The van der Waals surface area contributed by atoms with Crippen LogP contribution in [-0.4, -0.2) is 84.0 Å². The summed E-state index contributed by atoms with van der Waals surface area (Å²) in [6.45, 7) is 6.19. The number of Topliss-reactive ketones (excluding diaryl/α,β-unsaturated/α-hetero) is 1. The number of anilines is 1. The van der Waals surface area contributed by atoms with E-state index in [1.54, 1.807) is 52.5 Å². The number of allylic oxidation sites excluding steroid dienone is 1. The molecule has 2 N–H and O–H groups in total. The van der Waals surface area contributed by atoms with Gasteiger partial charge in [-0.15, -0.1) is 0 Å². The van der Waals surface area contributed by atoms with E-state index >= 15 is 0 Å². The van der Waals surface area contributed by atoms with Crippen molar-refractivity contribution < 1.29 is 23.6 Å². The molecule has 3 aliphatic heterocycles. The number of nitriles is 1. The Morgan fingerprint density at radius 1 is 1.04 bits per heavy atom. The fraction of sp³-hybridized carbons (Fsp3) is 0.400. The molecule has 3 amide bonds. The number of nitrogens with one attached hydrogen (secondary N) is 2. The molecule has 46 heavy (non-hydrogen) atoms. The second-order valence-corrected chi connectivity index (χ2v) is 11.9. The molecule has 5 rings (SSSR count). The summed E-state index contributed by atoms with van der Waals surface area (Å²) >= 11 is 0. The van der Waals surface area contributed by atoms with E-state index in [1.165, 1.54) is 12.1 Å². The van der Waals surface area contributed by atoms with E-state index in [2.05, 4.69) is 16.7 Å². The number of carbonyl (C=O) groups excluding carboxylic acids is 4. The number of ketones is 1. The highest BCUT2D eigenvalue weighted by Crippen LogP contribution is 2.37. The molecule has 2 fully saturated rings. The minimum Gasteiger partial charge on any atom is -0.472 e. The first-order valence-corrected chi connectivity index (χ1v) is 15.8. The van der Waals surface area contributed by atoms with Crippen LogP contribution in [0, 0.1) is 18.3 Å². The fourth-order valence-electron chi connectivity index (χ4n) is 5.99. The third-order valence-corrected chi connectivity index (χ3v) is 8.79. The number of rotatable bonds is 10. The van der Waals surface area contributed by atoms with Crippen molar-refractivity contribution in [2.24, 2.45) is 0 Å².